The standard InChI is InChI=1S/C25H33N3O2/c29-24(28(19-9-3-1-4-10-19)20-11-5-2-6-12-20)18-16-27(17-18)25(30)22-15-26-23-14-8-7-13-21(22)23/h7-8,13-15,18-20,26H,1-6,9-12,16-17H2. The number of likely N-dealkylation sites (tertiary alicyclic amines) is 1. The number of carbonyl (C=O) groups is 2. The van der Waals surface area contributed by atoms with E-state index in [-0.39, 0.29) is 11.8 Å². The zero-order chi connectivity index (χ0) is 20.5. The Bertz CT molecular complexity index is 884. The number of amides is 2. The Balaban J connectivity index is 1.27. The van der Waals surface area contributed by atoms with Gasteiger partial charge in [0.25, 0.3) is 5.91 Å². The van der Waals surface area contributed by atoms with Gasteiger partial charge in [-0.15, -0.1) is 0 Å². The number of H-pyrrole nitrogens is 1. The van der Waals surface area contributed by atoms with Crippen molar-refractivity contribution >= 4 is 22.7 Å². The maximum absolute atomic E-state index is 13.6. The summed E-state index contributed by atoms with van der Waals surface area (Å²) in [6.45, 7) is 1.13. The minimum absolute atomic E-state index is 0.0250. The molecule has 0 spiro atoms. The largest absolute Gasteiger partial charge is 0.360 e. The summed E-state index contributed by atoms with van der Waals surface area (Å²) >= 11 is 0. The van der Waals surface area contributed by atoms with Gasteiger partial charge in [-0.1, -0.05) is 56.7 Å². The molecule has 1 aromatic heterocycles. The Morgan fingerprint density at radius 1 is 0.867 bits per heavy atom. The van der Waals surface area contributed by atoms with Gasteiger partial charge in [-0.25, -0.2) is 0 Å². The number of nitrogens with zero attached hydrogens (tertiary/aromatic N) is 2. The van der Waals surface area contributed by atoms with Crippen molar-refractivity contribution in [2.75, 3.05) is 13.1 Å². The van der Waals surface area contributed by atoms with Crippen LogP contribution in [0.2, 0.25) is 0 Å². The monoisotopic (exact) mass is 407 g/mol. The van der Waals surface area contributed by atoms with Crippen LogP contribution in [0.5, 0.6) is 0 Å². The number of hydrogen-bond donors (Lipinski definition) is 1. The van der Waals surface area contributed by atoms with Crippen LogP contribution >= 0.6 is 0 Å². The molecule has 5 rings (SSSR count). The lowest BCUT2D eigenvalue weighted by Gasteiger charge is -2.47. The Morgan fingerprint density at radius 3 is 2.10 bits per heavy atom. The first-order chi connectivity index (χ1) is 14.7. The number of fused-ring (bicyclic) bond motifs is 1. The Morgan fingerprint density at radius 2 is 1.47 bits per heavy atom. The summed E-state index contributed by atoms with van der Waals surface area (Å²) in [5, 5.41) is 0.961. The first-order valence-corrected chi connectivity index (χ1v) is 11.9. The van der Waals surface area contributed by atoms with E-state index in [9.17, 15) is 9.59 Å². The summed E-state index contributed by atoms with van der Waals surface area (Å²) in [7, 11) is 0. The molecule has 1 saturated heterocycles. The lowest BCUT2D eigenvalue weighted by molar-refractivity contribution is -0.146. The molecule has 1 N–H and O–H groups in total. The maximum Gasteiger partial charge on any atom is 0.256 e. The molecule has 3 fully saturated rings. The molecule has 2 heterocycles. The molecule has 160 valence electrons. The van der Waals surface area contributed by atoms with Crippen LogP contribution in [0.1, 0.15) is 74.6 Å². The first-order valence-electron chi connectivity index (χ1n) is 11.9. The third-order valence-corrected chi connectivity index (χ3v) is 7.53. The average molecular weight is 408 g/mol. The minimum atomic E-state index is -0.0250. The van der Waals surface area contributed by atoms with Gasteiger partial charge in [-0.2, -0.15) is 0 Å². The Kier molecular flexibility index (Phi) is 5.53. The van der Waals surface area contributed by atoms with Gasteiger partial charge in [0.15, 0.2) is 0 Å². The number of carbonyl (C=O) groups excluding carboxylic acids is 2. The molecule has 1 aliphatic heterocycles. The highest BCUT2D eigenvalue weighted by atomic mass is 16.2. The molecule has 0 bridgehead atoms. The maximum atomic E-state index is 13.6. The quantitative estimate of drug-likeness (QED) is 0.796. The van der Waals surface area contributed by atoms with Crippen molar-refractivity contribution in [3.63, 3.8) is 0 Å². The van der Waals surface area contributed by atoms with Gasteiger partial charge in [0.2, 0.25) is 5.91 Å². The molecule has 2 aliphatic carbocycles. The topological polar surface area (TPSA) is 56.4 Å². The number of hydrogen-bond acceptors (Lipinski definition) is 2. The number of nitrogens with one attached hydrogen (secondary N) is 1. The van der Waals surface area contributed by atoms with E-state index in [0.29, 0.717) is 36.6 Å². The van der Waals surface area contributed by atoms with Gasteiger partial charge >= 0.3 is 0 Å². The molecule has 3 aliphatic rings. The molecule has 0 radical (unpaired) electrons. The normalized spacial score (nSPS) is 21.5. The van der Waals surface area contributed by atoms with Gasteiger partial charge < -0.3 is 14.8 Å². The minimum Gasteiger partial charge on any atom is -0.360 e. The molecule has 2 amide bonds. The third kappa shape index (κ3) is 3.63. The van der Waals surface area contributed by atoms with Crippen LogP contribution < -0.4 is 0 Å². The fourth-order valence-electron chi connectivity index (χ4n) is 5.81. The van der Waals surface area contributed by atoms with E-state index < -0.39 is 0 Å². The molecule has 0 unspecified atom stereocenters. The molecule has 0 atom stereocenters. The average Bonchev–Trinajstić information content (AvgIpc) is 3.19. The fraction of sp³-hybridized carbons (Fsp3) is 0.600. The van der Waals surface area contributed by atoms with Crippen LogP contribution in [0.15, 0.2) is 30.5 Å². The van der Waals surface area contributed by atoms with E-state index in [1.165, 1.54) is 38.5 Å². The van der Waals surface area contributed by atoms with Crippen LogP contribution in [-0.2, 0) is 4.79 Å². The van der Waals surface area contributed by atoms with Crippen molar-refractivity contribution in [2.24, 2.45) is 5.92 Å². The summed E-state index contributed by atoms with van der Waals surface area (Å²) in [5.41, 5.74) is 1.70. The number of aromatic nitrogens is 1. The van der Waals surface area contributed by atoms with E-state index in [4.69, 9.17) is 0 Å². The highest BCUT2D eigenvalue weighted by Crippen LogP contribution is 2.33. The molecule has 30 heavy (non-hydrogen) atoms. The van der Waals surface area contributed by atoms with Crippen LogP contribution in [0.25, 0.3) is 10.9 Å². The Labute approximate surface area is 178 Å². The zero-order valence-corrected chi connectivity index (χ0v) is 17.8. The molecular formula is C25H33N3O2. The van der Waals surface area contributed by atoms with Gasteiger partial charge in [-0.05, 0) is 31.7 Å². The SMILES string of the molecule is O=C(c1c[nH]c2ccccc12)N1CC(C(=O)N(C2CCCCC2)C2CCCCC2)C1. The van der Waals surface area contributed by atoms with Crippen LogP contribution in [0.4, 0.5) is 0 Å². The highest BCUT2D eigenvalue weighted by molar-refractivity contribution is 6.07. The fourth-order valence-corrected chi connectivity index (χ4v) is 5.81. The first kappa shape index (κ1) is 19.7. The van der Waals surface area contributed by atoms with Crippen LogP contribution in [0, 0.1) is 5.92 Å². The van der Waals surface area contributed by atoms with E-state index >= 15 is 0 Å². The summed E-state index contributed by atoms with van der Waals surface area (Å²) < 4.78 is 0. The van der Waals surface area contributed by atoms with E-state index in [2.05, 4.69) is 9.88 Å². The van der Waals surface area contributed by atoms with Crippen LogP contribution in [0.3, 0.4) is 0 Å². The summed E-state index contributed by atoms with van der Waals surface area (Å²) in [6.07, 6.45) is 14.0. The van der Waals surface area contributed by atoms with E-state index in [1.54, 1.807) is 6.20 Å². The second-order valence-corrected chi connectivity index (χ2v) is 9.48. The molecule has 5 heteroatoms. The number of aromatic amines is 1. The number of para-hydroxylation sites is 1. The number of rotatable bonds is 4. The number of benzene rings is 1. The van der Waals surface area contributed by atoms with Crippen molar-refractivity contribution in [3.8, 4) is 0 Å². The lowest BCUT2D eigenvalue weighted by Crippen LogP contribution is -2.60. The smallest absolute Gasteiger partial charge is 0.256 e. The molecule has 2 saturated carbocycles. The molecular weight excluding hydrogens is 374 g/mol. The molecule has 2 aromatic rings. The van der Waals surface area contributed by atoms with Crippen LogP contribution in [-0.4, -0.2) is 51.8 Å². The summed E-state index contributed by atoms with van der Waals surface area (Å²) in [5.74, 6) is 0.332. The van der Waals surface area contributed by atoms with Gasteiger partial charge in [-0.3, -0.25) is 9.59 Å². The van der Waals surface area contributed by atoms with E-state index in [0.717, 1.165) is 36.6 Å². The van der Waals surface area contributed by atoms with E-state index in [1.807, 2.05) is 29.2 Å². The van der Waals surface area contributed by atoms with Crippen molar-refractivity contribution in [1.82, 2.24) is 14.8 Å². The predicted octanol–water partition coefficient (Wildman–Crippen LogP) is 4.73. The summed E-state index contributed by atoms with van der Waals surface area (Å²) in [6, 6.07) is 8.74. The second-order valence-electron chi connectivity index (χ2n) is 9.48. The van der Waals surface area contributed by atoms with Crippen molar-refractivity contribution in [3.05, 3.63) is 36.0 Å². The third-order valence-electron chi connectivity index (χ3n) is 7.53. The Hall–Kier alpha value is -2.30. The van der Waals surface area contributed by atoms with Gasteiger partial charge in [0.1, 0.15) is 0 Å². The highest BCUT2D eigenvalue weighted by Gasteiger charge is 2.42. The van der Waals surface area contributed by atoms with Crippen molar-refractivity contribution in [1.29, 1.82) is 0 Å². The summed E-state index contributed by atoms with van der Waals surface area (Å²) in [4.78, 5) is 33.9. The molecule has 1 aromatic carbocycles. The zero-order valence-electron chi connectivity index (χ0n) is 17.8. The van der Waals surface area contributed by atoms with Gasteiger partial charge in [0.05, 0.1) is 11.5 Å². The van der Waals surface area contributed by atoms with Crippen molar-refractivity contribution in [2.45, 2.75) is 76.3 Å². The van der Waals surface area contributed by atoms with Gasteiger partial charge in [0, 0.05) is 42.3 Å². The molecule has 5 nitrogen and oxygen atoms in total. The van der Waals surface area contributed by atoms with Crippen molar-refractivity contribution < 1.29 is 9.59 Å². The predicted molar refractivity (Wildman–Crippen MR) is 118 cm³/mol. The second kappa shape index (κ2) is 8.44. The lowest BCUT2D eigenvalue weighted by atomic mass is 9.86.